The second-order valence-electron chi connectivity index (χ2n) is 5.02. The number of ether oxygens (including phenoxy) is 1. The fourth-order valence-corrected chi connectivity index (χ4v) is 2.34. The number of methoxy groups -OCH3 is 1. The molecule has 22 heavy (non-hydrogen) atoms. The summed E-state index contributed by atoms with van der Waals surface area (Å²) in [5.41, 5.74) is 8.14. The fourth-order valence-electron chi connectivity index (χ4n) is 2.34. The monoisotopic (exact) mass is 297 g/mol. The lowest BCUT2D eigenvalue weighted by atomic mass is 10.1. The van der Waals surface area contributed by atoms with Crippen LogP contribution in [0.1, 0.15) is 5.56 Å². The van der Waals surface area contributed by atoms with Crippen LogP contribution in [-0.4, -0.2) is 12.1 Å². The van der Waals surface area contributed by atoms with Gasteiger partial charge in [-0.25, -0.2) is 9.37 Å². The van der Waals surface area contributed by atoms with Crippen LogP contribution in [0.25, 0.3) is 10.8 Å². The van der Waals surface area contributed by atoms with E-state index < -0.39 is 5.82 Å². The lowest BCUT2D eigenvalue weighted by Gasteiger charge is -2.12. The van der Waals surface area contributed by atoms with Gasteiger partial charge in [0.1, 0.15) is 17.4 Å². The summed E-state index contributed by atoms with van der Waals surface area (Å²) in [4.78, 5) is 4.29. The van der Waals surface area contributed by atoms with Crippen molar-refractivity contribution in [3.05, 3.63) is 54.0 Å². The first-order chi connectivity index (χ1) is 10.6. The number of nitrogen functional groups attached to an aromatic ring is 1. The molecule has 1 heterocycles. The first-order valence-electron chi connectivity index (χ1n) is 6.84. The molecule has 0 atom stereocenters. The Bertz CT molecular complexity index is 849. The van der Waals surface area contributed by atoms with Crippen molar-refractivity contribution < 1.29 is 9.13 Å². The molecule has 2 aromatic carbocycles. The Hall–Kier alpha value is -2.82. The second-order valence-corrected chi connectivity index (χ2v) is 5.02. The SMILES string of the molecule is COc1ccc(Nc2nccc3c(N)c(C)ccc23)c(F)c1. The molecule has 0 aliphatic rings. The van der Waals surface area contributed by atoms with Gasteiger partial charge in [0.15, 0.2) is 0 Å². The van der Waals surface area contributed by atoms with Crippen LogP contribution in [0.15, 0.2) is 42.6 Å². The predicted octanol–water partition coefficient (Wildman–Crippen LogP) is 4.02. The van der Waals surface area contributed by atoms with Crippen molar-refractivity contribution in [2.75, 3.05) is 18.2 Å². The number of hydrogen-bond acceptors (Lipinski definition) is 4. The molecule has 4 nitrogen and oxygen atoms in total. The maximum Gasteiger partial charge on any atom is 0.150 e. The largest absolute Gasteiger partial charge is 0.497 e. The number of halogens is 1. The highest BCUT2D eigenvalue weighted by Crippen LogP contribution is 2.31. The Morgan fingerprint density at radius 1 is 1.14 bits per heavy atom. The van der Waals surface area contributed by atoms with E-state index in [1.807, 2.05) is 25.1 Å². The number of rotatable bonds is 3. The van der Waals surface area contributed by atoms with Crippen molar-refractivity contribution in [1.29, 1.82) is 0 Å². The van der Waals surface area contributed by atoms with Crippen LogP contribution in [0.2, 0.25) is 0 Å². The van der Waals surface area contributed by atoms with Crippen LogP contribution in [0.3, 0.4) is 0 Å². The molecule has 0 amide bonds. The molecule has 0 fully saturated rings. The molecular weight excluding hydrogens is 281 g/mol. The van der Waals surface area contributed by atoms with Crippen molar-refractivity contribution in [2.24, 2.45) is 0 Å². The van der Waals surface area contributed by atoms with Gasteiger partial charge >= 0.3 is 0 Å². The number of aromatic nitrogens is 1. The highest BCUT2D eigenvalue weighted by atomic mass is 19.1. The van der Waals surface area contributed by atoms with E-state index >= 15 is 0 Å². The molecule has 0 aliphatic carbocycles. The third-order valence-electron chi connectivity index (χ3n) is 3.63. The van der Waals surface area contributed by atoms with E-state index in [1.165, 1.54) is 13.2 Å². The lowest BCUT2D eigenvalue weighted by molar-refractivity contribution is 0.411. The van der Waals surface area contributed by atoms with Gasteiger partial charge < -0.3 is 15.8 Å². The van der Waals surface area contributed by atoms with Gasteiger partial charge in [0.05, 0.1) is 12.8 Å². The van der Waals surface area contributed by atoms with Gasteiger partial charge in [-0.3, -0.25) is 0 Å². The molecule has 0 spiro atoms. The smallest absolute Gasteiger partial charge is 0.150 e. The van der Waals surface area contributed by atoms with Crippen LogP contribution in [-0.2, 0) is 0 Å². The summed E-state index contributed by atoms with van der Waals surface area (Å²) in [6, 6.07) is 10.3. The van der Waals surface area contributed by atoms with Crippen molar-refractivity contribution in [1.82, 2.24) is 4.98 Å². The minimum absolute atomic E-state index is 0.333. The van der Waals surface area contributed by atoms with E-state index in [9.17, 15) is 4.39 Å². The maximum atomic E-state index is 14.1. The van der Waals surface area contributed by atoms with E-state index in [0.29, 0.717) is 22.9 Å². The summed E-state index contributed by atoms with van der Waals surface area (Å²) >= 11 is 0. The van der Waals surface area contributed by atoms with Crippen molar-refractivity contribution in [3.8, 4) is 5.75 Å². The number of aryl methyl sites for hydroxylation is 1. The molecule has 0 bridgehead atoms. The molecule has 0 aliphatic heterocycles. The molecule has 3 aromatic rings. The first kappa shape index (κ1) is 14.1. The minimum atomic E-state index is -0.404. The van der Waals surface area contributed by atoms with Crippen LogP contribution < -0.4 is 15.8 Å². The molecule has 0 radical (unpaired) electrons. The average molecular weight is 297 g/mol. The molecule has 3 N–H and O–H groups in total. The lowest BCUT2D eigenvalue weighted by Crippen LogP contribution is -1.99. The zero-order chi connectivity index (χ0) is 15.7. The number of hydrogen-bond donors (Lipinski definition) is 2. The normalized spacial score (nSPS) is 10.7. The fraction of sp³-hybridized carbons (Fsp3) is 0.118. The summed E-state index contributed by atoms with van der Waals surface area (Å²) in [5.74, 6) is 0.625. The van der Waals surface area contributed by atoms with Gasteiger partial charge in [-0.2, -0.15) is 0 Å². The number of benzene rings is 2. The Morgan fingerprint density at radius 2 is 1.95 bits per heavy atom. The zero-order valence-corrected chi connectivity index (χ0v) is 12.4. The Morgan fingerprint density at radius 3 is 2.68 bits per heavy atom. The van der Waals surface area contributed by atoms with Gasteiger partial charge in [-0.05, 0) is 30.7 Å². The molecule has 0 saturated carbocycles. The number of nitrogens with one attached hydrogen (secondary N) is 1. The standard InChI is InChI=1S/C17H16FN3O/c1-10-3-5-13-12(16(10)19)7-8-20-17(13)21-15-6-4-11(22-2)9-14(15)18/h3-9H,19H2,1-2H3,(H,20,21). The van der Waals surface area contributed by atoms with Gasteiger partial charge in [-0.15, -0.1) is 0 Å². The number of nitrogens with zero attached hydrogens (tertiary/aromatic N) is 1. The molecule has 3 rings (SSSR count). The predicted molar refractivity (Wildman–Crippen MR) is 87.1 cm³/mol. The highest BCUT2D eigenvalue weighted by Gasteiger charge is 2.09. The van der Waals surface area contributed by atoms with Crippen LogP contribution in [0.4, 0.5) is 21.6 Å². The van der Waals surface area contributed by atoms with Crippen molar-refractivity contribution in [2.45, 2.75) is 6.92 Å². The van der Waals surface area contributed by atoms with E-state index in [2.05, 4.69) is 10.3 Å². The first-order valence-corrected chi connectivity index (χ1v) is 6.84. The van der Waals surface area contributed by atoms with Gasteiger partial charge in [0.2, 0.25) is 0 Å². The third-order valence-corrected chi connectivity index (χ3v) is 3.63. The molecule has 112 valence electrons. The van der Waals surface area contributed by atoms with E-state index in [0.717, 1.165) is 16.3 Å². The van der Waals surface area contributed by atoms with Gasteiger partial charge in [0.25, 0.3) is 0 Å². The Balaban J connectivity index is 2.06. The second kappa shape index (κ2) is 5.52. The Kier molecular flexibility index (Phi) is 3.55. The molecule has 1 aromatic heterocycles. The van der Waals surface area contributed by atoms with E-state index in [1.54, 1.807) is 18.3 Å². The van der Waals surface area contributed by atoms with E-state index in [-0.39, 0.29) is 0 Å². The van der Waals surface area contributed by atoms with Crippen molar-refractivity contribution >= 4 is 28.0 Å². The zero-order valence-electron chi connectivity index (χ0n) is 12.4. The maximum absolute atomic E-state index is 14.1. The summed E-state index contributed by atoms with van der Waals surface area (Å²) in [7, 11) is 1.50. The minimum Gasteiger partial charge on any atom is -0.497 e. The summed E-state index contributed by atoms with van der Waals surface area (Å²) in [6.45, 7) is 1.95. The molecule has 0 unspecified atom stereocenters. The number of fused-ring (bicyclic) bond motifs is 1. The number of anilines is 3. The van der Waals surface area contributed by atoms with Gasteiger partial charge in [-0.1, -0.05) is 12.1 Å². The quantitative estimate of drug-likeness (QED) is 0.717. The number of nitrogens with two attached hydrogens (primary N) is 1. The molecule has 0 saturated heterocycles. The summed E-state index contributed by atoms with van der Waals surface area (Å²) in [6.07, 6.45) is 1.65. The Labute approximate surface area is 127 Å². The van der Waals surface area contributed by atoms with E-state index in [4.69, 9.17) is 10.5 Å². The van der Waals surface area contributed by atoms with Gasteiger partial charge in [0, 0.05) is 28.7 Å². The summed E-state index contributed by atoms with van der Waals surface area (Å²) < 4.78 is 19.1. The number of pyridine rings is 1. The van der Waals surface area contributed by atoms with Crippen LogP contribution in [0.5, 0.6) is 5.75 Å². The molecule has 5 heteroatoms. The van der Waals surface area contributed by atoms with Crippen LogP contribution >= 0.6 is 0 Å². The molecular formula is C17H16FN3O. The highest BCUT2D eigenvalue weighted by molar-refractivity contribution is 6.01. The third kappa shape index (κ3) is 2.41. The average Bonchev–Trinajstić information content (AvgIpc) is 2.53. The van der Waals surface area contributed by atoms with Crippen molar-refractivity contribution in [3.63, 3.8) is 0 Å². The van der Waals surface area contributed by atoms with Crippen LogP contribution in [0, 0.1) is 12.7 Å². The topological polar surface area (TPSA) is 60.2 Å². The summed E-state index contributed by atoms with van der Waals surface area (Å²) in [5, 5.41) is 4.76.